The van der Waals surface area contributed by atoms with Gasteiger partial charge in [0.05, 0.1) is 21.3 Å². The Bertz CT molecular complexity index is 879. The van der Waals surface area contributed by atoms with Crippen molar-refractivity contribution in [3.05, 3.63) is 47.5 Å². The molecule has 1 aliphatic heterocycles. The number of ether oxygens (including phenoxy) is 3. The molecular formula is C24H33N3O4. The SMILES string of the molecule is COc1ccc(CCC(=O)NCc2ccccc2N2CCN(C)CC2)c(OC)c1OC. The Balaban J connectivity index is 1.60. The predicted molar refractivity (Wildman–Crippen MR) is 122 cm³/mol. The minimum atomic E-state index is 0.00465. The molecule has 7 heteroatoms. The average molecular weight is 428 g/mol. The monoisotopic (exact) mass is 427 g/mol. The van der Waals surface area contributed by atoms with Crippen LogP contribution in [0.15, 0.2) is 36.4 Å². The zero-order valence-corrected chi connectivity index (χ0v) is 18.9. The maximum atomic E-state index is 12.6. The minimum absolute atomic E-state index is 0.00465. The predicted octanol–water partition coefficient (Wildman–Crippen LogP) is 2.71. The van der Waals surface area contributed by atoms with Crippen molar-refractivity contribution in [2.75, 3.05) is 59.5 Å². The van der Waals surface area contributed by atoms with E-state index in [0.717, 1.165) is 37.3 Å². The quantitative estimate of drug-likeness (QED) is 0.664. The minimum Gasteiger partial charge on any atom is -0.493 e. The molecule has 168 valence electrons. The molecule has 0 atom stereocenters. The summed E-state index contributed by atoms with van der Waals surface area (Å²) in [5.41, 5.74) is 3.26. The summed E-state index contributed by atoms with van der Waals surface area (Å²) in [4.78, 5) is 17.3. The molecule has 31 heavy (non-hydrogen) atoms. The van der Waals surface area contributed by atoms with Gasteiger partial charge in [0.1, 0.15) is 0 Å². The normalized spacial score (nSPS) is 14.3. The van der Waals surface area contributed by atoms with E-state index in [1.54, 1.807) is 21.3 Å². The van der Waals surface area contributed by atoms with Gasteiger partial charge in [0.15, 0.2) is 11.5 Å². The van der Waals surface area contributed by atoms with Crippen molar-refractivity contribution in [1.29, 1.82) is 0 Å². The number of hydrogen-bond donors (Lipinski definition) is 1. The molecule has 2 aromatic rings. The lowest BCUT2D eigenvalue weighted by atomic mass is 10.1. The number of hydrogen-bond acceptors (Lipinski definition) is 6. The summed E-state index contributed by atoms with van der Waals surface area (Å²) in [7, 11) is 6.91. The zero-order chi connectivity index (χ0) is 22.2. The third-order valence-electron chi connectivity index (χ3n) is 5.72. The third-order valence-corrected chi connectivity index (χ3v) is 5.72. The van der Waals surface area contributed by atoms with Crippen LogP contribution < -0.4 is 24.4 Å². The zero-order valence-electron chi connectivity index (χ0n) is 18.9. The molecule has 1 N–H and O–H groups in total. The number of aryl methyl sites for hydroxylation is 1. The molecule has 2 aromatic carbocycles. The molecular weight excluding hydrogens is 394 g/mol. The van der Waals surface area contributed by atoms with Gasteiger partial charge in [-0.1, -0.05) is 24.3 Å². The standard InChI is InChI=1S/C24H33N3O4/c1-26-13-15-27(16-14-26)20-8-6-5-7-19(20)17-25-22(28)12-10-18-9-11-21(29-2)24(31-4)23(18)30-3/h5-9,11H,10,12-17H2,1-4H3,(H,25,28). The van der Waals surface area contributed by atoms with Gasteiger partial charge in [0, 0.05) is 44.8 Å². The number of amides is 1. The number of nitrogens with one attached hydrogen (secondary N) is 1. The first-order valence-corrected chi connectivity index (χ1v) is 10.6. The Kier molecular flexibility index (Phi) is 8.00. The number of benzene rings is 2. The highest BCUT2D eigenvalue weighted by Crippen LogP contribution is 2.40. The molecule has 0 bridgehead atoms. The van der Waals surface area contributed by atoms with Gasteiger partial charge in [-0.25, -0.2) is 0 Å². The van der Waals surface area contributed by atoms with Crippen LogP contribution in [-0.4, -0.2) is 65.4 Å². The highest BCUT2D eigenvalue weighted by atomic mass is 16.5. The second-order valence-electron chi connectivity index (χ2n) is 7.69. The summed E-state index contributed by atoms with van der Waals surface area (Å²) in [5.74, 6) is 1.76. The molecule has 0 spiro atoms. The van der Waals surface area contributed by atoms with E-state index in [1.165, 1.54) is 5.69 Å². The van der Waals surface area contributed by atoms with Gasteiger partial charge in [0.2, 0.25) is 11.7 Å². The summed E-state index contributed by atoms with van der Waals surface area (Å²) in [6.07, 6.45) is 0.915. The Morgan fingerprint density at radius 2 is 1.61 bits per heavy atom. The Morgan fingerprint density at radius 1 is 0.903 bits per heavy atom. The van der Waals surface area contributed by atoms with E-state index in [2.05, 4.69) is 40.4 Å². The number of carbonyl (C=O) groups is 1. The third kappa shape index (κ3) is 5.61. The number of methoxy groups -OCH3 is 3. The van der Waals surface area contributed by atoms with Gasteiger partial charge < -0.3 is 29.3 Å². The molecule has 7 nitrogen and oxygen atoms in total. The number of nitrogens with zero attached hydrogens (tertiary/aromatic N) is 2. The van der Waals surface area contributed by atoms with Crippen LogP contribution in [0.2, 0.25) is 0 Å². The Hall–Kier alpha value is -2.93. The van der Waals surface area contributed by atoms with E-state index in [4.69, 9.17) is 14.2 Å². The van der Waals surface area contributed by atoms with Crippen LogP contribution >= 0.6 is 0 Å². The summed E-state index contributed by atoms with van der Waals surface area (Å²) < 4.78 is 16.3. The molecule has 1 fully saturated rings. The van der Waals surface area contributed by atoms with Gasteiger partial charge >= 0.3 is 0 Å². The van der Waals surface area contributed by atoms with Crippen LogP contribution in [0.25, 0.3) is 0 Å². The topological polar surface area (TPSA) is 63.3 Å². The van der Waals surface area contributed by atoms with E-state index in [0.29, 0.717) is 36.6 Å². The fourth-order valence-corrected chi connectivity index (χ4v) is 3.91. The molecule has 0 aliphatic carbocycles. The summed E-state index contributed by atoms with van der Waals surface area (Å²) in [6, 6.07) is 12.1. The highest BCUT2D eigenvalue weighted by Gasteiger charge is 2.18. The maximum absolute atomic E-state index is 12.6. The highest BCUT2D eigenvalue weighted by molar-refractivity contribution is 5.76. The van der Waals surface area contributed by atoms with E-state index < -0.39 is 0 Å². The van der Waals surface area contributed by atoms with Crippen molar-refractivity contribution < 1.29 is 19.0 Å². The lowest BCUT2D eigenvalue weighted by molar-refractivity contribution is -0.121. The first-order valence-electron chi connectivity index (χ1n) is 10.6. The smallest absolute Gasteiger partial charge is 0.220 e. The second-order valence-corrected chi connectivity index (χ2v) is 7.69. The number of para-hydroxylation sites is 1. The van der Waals surface area contributed by atoms with E-state index in [9.17, 15) is 4.79 Å². The fourth-order valence-electron chi connectivity index (χ4n) is 3.91. The van der Waals surface area contributed by atoms with Crippen molar-refractivity contribution in [2.24, 2.45) is 0 Å². The molecule has 0 unspecified atom stereocenters. The van der Waals surface area contributed by atoms with E-state index in [-0.39, 0.29) is 5.91 Å². The van der Waals surface area contributed by atoms with Crippen molar-refractivity contribution in [1.82, 2.24) is 10.2 Å². The van der Waals surface area contributed by atoms with Crippen LogP contribution in [-0.2, 0) is 17.8 Å². The van der Waals surface area contributed by atoms with Crippen LogP contribution in [0.1, 0.15) is 17.5 Å². The Labute approximate surface area is 184 Å². The van der Waals surface area contributed by atoms with Crippen molar-refractivity contribution in [3.8, 4) is 17.2 Å². The van der Waals surface area contributed by atoms with Crippen molar-refractivity contribution >= 4 is 11.6 Å². The van der Waals surface area contributed by atoms with E-state index >= 15 is 0 Å². The molecule has 0 saturated carbocycles. The lowest BCUT2D eigenvalue weighted by Crippen LogP contribution is -2.45. The van der Waals surface area contributed by atoms with Gasteiger partial charge in [0.25, 0.3) is 0 Å². The number of piperazine rings is 1. The number of likely N-dealkylation sites (N-methyl/N-ethyl adjacent to an activating group) is 1. The summed E-state index contributed by atoms with van der Waals surface area (Å²) in [5, 5.41) is 3.07. The van der Waals surface area contributed by atoms with E-state index in [1.807, 2.05) is 18.2 Å². The molecule has 1 amide bonds. The number of rotatable bonds is 9. The largest absolute Gasteiger partial charge is 0.493 e. The van der Waals surface area contributed by atoms with Crippen LogP contribution in [0, 0.1) is 0 Å². The van der Waals surface area contributed by atoms with Gasteiger partial charge in [-0.3, -0.25) is 4.79 Å². The molecule has 3 rings (SSSR count). The Morgan fingerprint density at radius 3 is 2.29 bits per heavy atom. The number of carbonyl (C=O) groups excluding carboxylic acids is 1. The first kappa shape index (κ1) is 22.7. The van der Waals surface area contributed by atoms with Crippen LogP contribution in [0.3, 0.4) is 0 Å². The number of anilines is 1. The maximum Gasteiger partial charge on any atom is 0.220 e. The van der Waals surface area contributed by atoms with Gasteiger partial charge in [-0.15, -0.1) is 0 Å². The molecule has 1 aliphatic rings. The van der Waals surface area contributed by atoms with Crippen LogP contribution in [0.4, 0.5) is 5.69 Å². The first-order chi connectivity index (χ1) is 15.1. The summed E-state index contributed by atoms with van der Waals surface area (Å²) in [6.45, 7) is 4.62. The van der Waals surface area contributed by atoms with Crippen molar-refractivity contribution in [3.63, 3.8) is 0 Å². The molecule has 0 aromatic heterocycles. The van der Waals surface area contributed by atoms with Gasteiger partial charge in [-0.05, 0) is 36.7 Å². The second kappa shape index (κ2) is 10.9. The van der Waals surface area contributed by atoms with Gasteiger partial charge in [-0.2, -0.15) is 0 Å². The lowest BCUT2D eigenvalue weighted by Gasteiger charge is -2.35. The fraction of sp³-hybridized carbons (Fsp3) is 0.458. The average Bonchev–Trinajstić information content (AvgIpc) is 2.81. The molecule has 0 radical (unpaired) electrons. The van der Waals surface area contributed by atoms with Crippen LogP contribution in [0.5, 0.6) is 17.2 Å². The summed E-state index contributed by atoms with van der Waals surface area (Å²) >= 11 is 0. The molecule has 1 saturated heterocycles. The molecule has 1 heterocycles. The van der Waals surface area contributed by atoms with Crippen molar-refractivity contribution in [2.45, 2.75) is 19.4 Å².